The fourth-order valence-electron chi connectivity index (χ4n) is 2.77. The van der Waals surface area contributed by atoms with E-state index in [9.17, 15) is 0 Å². The third-order valence-electron chi connectivity index (χ3n) is 3.73. The number of rotatable bonds is 5. The summed E-state index contributed by atoms with van der Waals surface area (Å²) in [6, 6.07) is 15.8. The lowest BCUT2D eigenvalue weighted by Gasteiger charge is -2.21. The van der Waals surface area contributed by atoms with Crippen LogP contribution < -0.4 is 10.2 Å². The zero-order valence-electron chi connectivity index (χ0n) is 13.8. The van der Waals surface area contributed by atoms with Gasteiger partial charge in [0.15, 0.2) is 0 Å². The van der Waals surface area contributed by atoms with E-state index >= 15 is 0 Å². The van der Waals surface area contributed by atoms with Gasteiger partial charge in [0.05, 0.1) is 6.04 Å². The third-order valence-corrected chi connectivity index (χ3v) is 3.73. The Morgan fingerprint density at radius 2 is 1.48 bits per heavy atom. The second kappa shape index (κ2) is 6.77. The van der Waals surface area contributed by atoms with E-state index in [0.717, 1.165) is 6.54 Å². The van der Waals surface area contributed by atoms with Crippen molar-refractivity contribution in [1.82, 2.24) is 5.32 Å². The standard InChI is InChI=1S/C19H26N2/c1-6-20-19(17-12-14(2)11-15(3)13-17)16-7-9-18(10-8-16)21(4)5/h7-13,19-20H,6H2,1-5H3. The predicted molar refractivity (Wildman–Crippen MR) is 92.2 cm³/mol. The molecule has 2 aromatic carbocycles. The lowest BCUT2D eigenvalue weighted by molar-refractivity contribution is 0.630. The minimum Gasteiger partial charge on any atom is -0.378 e. The fourth-order valence-corrected chi connectivity index (χ4v) is 2.77. The Morgan fingerprint density at radius 1 is 0.905 bits per heavy atom. The van der Waals surface area contributed by atoms with Gasteiger partial charge < -0.3 is 10.2 Å². The average molecular weight is 282 g/mol. The second-order valence-corrected chi connectivity index (χ2v) is 5.90. The van der Waals surface area contributed by atoms with Gasteiger partial charge in [0.2, 0.25) is 0 Å². The van der Waals surface area contributed by atoms with Crippen LogP contribution in [0, 0.1) is 13.8 Å². The van der Waals surface area contributed by atoms with Crippen molar-refractivity contribution in [3.63, 3.8) is 0 Å². The topological polar surface area (TPSA) is 15.3 Å². The van der Waals surface area contributed by atoms with Crippen molar-refractivity contribution in [2.75, 3.05) is 25.5 Å². The molecular formula is C19H26N2. The number of nitrogens with zero attached hydrogens (tertiary/aromatic N) is 1. The summed E-state index contributed by atoms with van der Waals surface area (Å²) in [4.78, 5) is 2.13. The van der Waals surface area contributed by atoms with Gasteiger partial charge in [-0.05, 0) is 43.7 Å². The fraction of sp³-hybridized carbons (Fsp3) is 0.368. The van der Waals surface area contributed by atoms with E-state index in [2.05, 4.69) is 87.5 Å². The highest BCUT2D eigenvalue weighted by Gasteiger charge is 2.13. The first-order chi connectivity index (χ1) is 10.0. The Labute approximate surface area is 128 Å². The van der Waals surface area contributed by atoms with Gasteiger partial charge in [-0.2, -0.15) is 0 Å². The number of nitrogens with one attached hydrogen (secondary N) is 1. The highest BCUT2D eigenvalue weighted by molar-refractivity contribution is 5.48. The number of benzene rings is 2. The molecule has 0 saturated carbocycles. The van der Waals surface area contributed by atoms with Crippen LogP contribution in [0.3, 0.4) is 0 Å². The molecule has 0 heterocycles. The van der Waals surface area contributed by atoms with Crippen LogP contribution in [-0.2, 0) is 0 Å². The Balaban J connectivity index is 2.38. The molecule has 0 aromatic heterocycles. The quantitative estimate of drug-likeness (QED) is 0.889. The van der Waals surface area contributed by atoms with Crippen LogP contribution in [0.4, 0.5) is 5.69 Å². The van der Waals surface area contributed by atoms with E-state index in [4.69, 9.17) is 0 Å². The van der Waals surface area contributed by atoms with Gasteiger partial charge >= 0.3 is 0 Å². The molecule has 2 heteroatoms. The first-order valence-electron chi connectivity index (χ1n) is 7.60. The molecule has 0 aliphatic heterocycles. The lowest BCUT2D eigenvalue weighted by Crippen LogP contribution is -2.22. The molecule has 1 atom stereocenters. The van der Waals surface area contributed by atoms with Gasteiger partial charge in [-0.1, -0.05) is 48.4 Å². The summed E-state index contributed by atoms with van der Waals surface area (Å²) in [5.74, 6) is 0. The van der Waals surface area contributed by atoms with E-state index in [0.29, 0.717) is 0 Å². The summed E-state index contributed by atoms with van der Waals surface area (Å²) in [5, 5.41) is 3.60. The number of aryl methyl sites for hydroxylation is 2. The minimum absolute atomic E-state index is 0.254. The maximum absolute atomic E-state index is 3.60. The van der Waals surface area contributed by atoms with E-state index in [-0.39, 0.29) is 6.04 Å². The van der Waals surface area contributed by atoms with Crippen LogP contribution >= 0.6 is 0 Å². The first-order valence-corrected chi connectivity index (χ1v) is 7.60. The lowest BCUT2D eigenvalue weighted by atomic mass is 9.95. The van der Waals surface area contributed by atoms with E-state index < -0.39 is 0 Å². The average Bonchev–Trinajstić information content (AvgIpc) is 2.44. The zero-order chi connectivity index (χ0) is 15.4. The summed E-state index contributed by atoms with van der Waals surface area (Å²) < 4.78 is 0. The zero-order valence-corrected chi connectivity index (χ0v) is 13.8. The Bertz CT molecular complexity index is 565. The van der Waals surface area contributed by atoms with Crippen molar-refractivity contribution in [3.8, 4) is 0 Å². The van der Waals surface area contributed by atoms with Gasteiger partial charge in [-0.25, -0.2) is 0 Å². The molecule has 112 valence electrons. The number of hydrogen-bond donors (Lipinski definition) is 1. The molecule has 0 bridgehead atoms. The molecule has 0 radical (unpaired) electrons. The van der Waals surface area contributed by atoms with E-state index in [1.54, 1.807) is 0 Å². The molecule has 0 fully saturated rings. The molecular weight excluding hydrogens is 256 g/mol. The van der Waals surface area contributed by atoms with Crippen molar-refractivity contribution in [3.05, 3.63) is 64.7 Å². The molecule has 1 N–H and O–H groups in total. The highest BCUT2D eigenvalue weighted by atomic mass is 15.1. The SMILES string of the molecule is CCNC(c1ccc(N(C)C)cc1)c1cc(C)cc(C)c1. The van der Waals surface area contributed by atoms with Crippen molar-refractivity contribution < 1.29 is 0 Å². The van der Waals surface area contributed by atoms with Crippen LogP contribution in [0.15, 0.2) is 42.5 Å². The van der Waals surface area contributed by atoms with Crippen molar-refractivity contribution >= 4 is 5.69 Å². The Hall–Kier alpha value is -1.80. The van der Waals surface area contributed by atoms with Crippen molar-refractivity contribution in [2.24, 2.45) is 0 Å². The smallest absolute Gasteiger partial charge is 0.0576 e. The van der Waals surface area contributed by atoms with Crippen LogP contribution in [0.2, 0.25) is 0 Å². The maximum atomic E-state index is 3.60. The van der Waals surface area contributed by atoms with Gasteiger partial charge in [0.25, 0.3) is 0 Å². The molecule has 0 saturated heterocycles. The van der Waals surface area contributed by atoms with E-state index in [1.165, 1.54) is 27.9 Å². The summed E-state index contributed by atoms with van der Waals surface area (Å²) in [6.07, 6.45) is 0. The molecule has 0 spiro atoms. The molecule has 0 aliphatic rings. The highest BCUT2D eigenvalue weighted by Crippen LogP contribution is 2.25. The Morgan fingerprint density at radius 3 is 1.95 bits per heavy atom. The van der Waals surface area contributed by atoms with Crippen molar-refractivity contribution in [2.45, 2.75) is 26.8 Å². The number of anilines is 1. The van der Waals surface area contributed by atoms with Gasteiger partial charge in [0, 0.05) is 19.8 Å². The monoisotopic (exact) mass is 282 g/mol. The molecule has 21 heavy (non-hydrogen) atoms. The summed E-state index contributed by atoms with van der Waals surface area (Å²) in [7, 11) is 4.14. The van der Waals surface area contributed by atoms with Crippen LogP contribution in [-0.4, -0.2) is 20.6 Å². The summed E-state index contributed by atoms with van der Waals surface area (Å²) >= 11 is 0. The molecule has 2 rings (SSSR count). The summed E-state index contributed by atoms with van der Waals surface area (Å²) in [5.41, 5.74) is 6.52. The van der Waals surface area contributed by atoms with Crippen LogP contribution in [0.5, 0.6) is 0 Å². The summed E-state index contributed by atoms with van der Waals surface area (Å²) in [6.45, 7) is 7.43. The maximum Gasteiger partial charge on any atom is 0.0576 e. The Kier molecular flexibility index (Phi) is 5.03. The normalized spacial score (nSPS) is 12.2. The predicted octanol–water partition coefficient (Wildman–Crippen LogP) is 4.07. The van der Waals surface area contributed by atoms with Crippen LogP contribution in [0.25, 0.3) is 0 Å². The molecule has 2 nitrogen and oxygen atoms in total. The van der Waals surface area contributed by atoms with Gasteiger partial charge in [0.1, 0.15) is 0 Å². The molecule has 0 amide bonds. The molecule has 0 aliphatic carbocycles. The number of hydrogen-bond acceptors (Lipinski definition) is 2. The van der Waals surface area contributed by atoms with Crippen LogP contribution in [0.1, 0.15) is 35.2 Å². The van der Waals surface area contributed by atoms with Gasteiger partial charge in [-0.3, -0.25) is 0 Å². The van der Waals surface area contributed by atoms with Crippen molar-refractivity contribution in [1.29, 1.82) is 0 Å². The second-order valence-electron chi connectivity index (χ2n) is 5.90. The largest absolute Gasteiger partial charge is 0.378 e. The minimum atomic E-state index is 0.254. The first kappa shape index (κ1) is 15.6. The van der Waals surface area contributed by atoms with Gasteiger partial charge in [-0.15, -0.1) is 0 Å². The third kappa shape index (κ3) is 3.85. The molecule has 1 unspecified atom stereocenters. The van der Waals surface area contributed by atoms with E-state index in [1.807, 2.05) is 0 Å². The molecule has 2 aromatic rings.